The third-order valence-electron chi connectivity index (χ3n) is 2.73. The Hall–Kier alpha value is -1.70. The van der Waals surface area contributed by atoms with Crippen LogP contribution in [0.3, 0.4) is 0 Å². The van der Waals surface area contributed by atoms with E-state index in [1.54, 1.807) is 17.4 Å². The minimum absolute atomic E-state index is 0.272. The van der Waals surface area contributed by atoms with E-state index in [2.05, 4.69) is 11.4 Å². The molecule has 0 fully saturated rings. The number of nitriles is 1. The van der Waals surface area contributed by atoms with Crippen LogP contribution in [0.4, 0.5) is 4.39 Å². The van der Waals surface area contributed by atoms with Gasteiger partial charge in [0.25, 0.3) is 0 Å². The Bertz CT molecular complexity index is 558. The van der Waals surface area contributed by atoms with Gasteiger partial charge in [0.05, 0.1) is 6.07 Å². The Labute approximate surface area is 110 Å². The van der Waals surface area contributed by atoms with Crippen LogP contribution in [0.5, 0.6) is 0 Å². The first-order valence-corrected chi connectivity index (χ1v) is 6.50. The minimum Gasteiger partial charge on any atom is -0.293 e. The maximum absolute atomic E-state index is 13.0. The number of hydrogen-bond donors (Lipinski definition) is 1. The fourth-order valence-corrected chi connectivity index (χ4v) is 2.46. The first-order valence-electron chi connectivity index (χ1n) is 5.62. The lowest BCUT2D eigenvalue weighted by molar-refractivity contribution is 0.613. The molecule has 4 heteroatoms. The van der Waals surface area contributed by atoms with Crippen molar-refractivity contribution >= 4 is 11.3 Å². The highest BCUT2D eigenvalue weighted by Crippen LogP contribution is 2.19. The lowest BCUT2D eigenvalue weighted by Crippen LogP contribution is -2.19. The molecule has 0 saturated carbocycles. The van der Waals surface area contributed by atoms with Crippen molar-refractivity contribution in [3.63, 3.8) is 0 Å². The Morgan fingerprint density at radius 2 is 2.28 bits per heavy atom. The molecule has 1 heterocycles. The summed E-state index contributed by atoms with van der Waals surface area (Å²) in [5.41, 5.74) is 1.62. The van der Waals surface area contributed by atoms with Gasteiger partial charge in [0.1, 0.15) is 11.9 Å². The predicted octanol–water partition coefficient (Wildman–Crippen LogP) is 3.55. The summed E-state index contributed by atoms with van der Waals surface area (Å²) in [6, 6.07) is 10.3. The normalized spacial score (nSPS) is 12.1. The van der Waals surface area contributed by atoms with Crippen molar-refractivity contribution in [1.82, 2.24) is 5.32 Å². The second-order valence-electron chi connectivity index (χ2n) is 4.02. The molecule has 0 saturated heterocycles. The molecule has 92 valence electrons. The third kappa shape index (κ3) is 2.95. The molecule has 0 radical (unpaired) electrons. The molecule has 2 rings (SSSR count). The van der Waals surface area contributed by atoms with Crippen molar-refractivity contribution in [3.8, 4) is 6.07 Å². The largest absolute Gasteiger partial charge is 0.293 e. The summed E-state index contributed by atoms with van der Waals surface area (Å²) in [5.74, 6) is -0.272. The van der Waals surface area contributed by atoms with E-state index in [0.29, 0.717) is 6.54 Å². The van der Waals surface area contributed by atoms with Crippen LogP contribution in [0.1, 0.15) is 22.0 Å². The van der Waals surface area contributed by atoms with Crippen LogP contribution in [0.25, 0.3) is 0 Å². The van der Waals surface area contributed by atoms with E-state index in [-0.39, 0.29) is 5.82 Å². The van der Waals surface area contributed by atoms with Gasteiger partial charge >= 0.3 is 0 Å². The molecular formula is C14H13FN2S. The summed E-state index contributed by atoms with van der Waals surface area (Å²) < 4.78 is 13.0. The van der Waals surface area contributed by atoms with Crippen LogP contribution >= 0.6 is 11.3 Å². The number of thiophene rings is 1. The number of benzene rings is 1. The minimum atomic E-state index is -0.410. The van der Waals surface area contributed by atoms with Gasteiger partial charge in [-0.05, 0) is 41.6 Å². The Morgan fingerprint density at radius 1 is 1.44 bits per heavy atom. The molecule has 0 amide bonds. The molecule has 18 heavy (non-hydrogen) atoms. The van der Waals surface area contributed by atoms with E-state index < -0.39 is 6.04 Å². The maximum atomic E-state index is 13.0. The molecule has 0 spiro atoms. The maximum Gasteiger partial charge on any atom is 0.123 e. The van der Waals surface area contributed by atoms with Gasteiger partial charge in [-0.15, -0.1) is 11.3 Å². The van der Waals surface area contributed by atoms with Crippen molar-refractivity contribution in [2.75, 3.05) is 0 Å². The summed E-state index contributed by atoms with van der Waals surface area (Å²) in [6.45, 7) is 2.46. The fourth-order valence-electron chi connectivity index (χ4n) is 1.80. The highest BCUT2D eigenvalue weighted by molar-refractivity contribution is 7.09. The van der Waals surface area contributed by atoms with Crippen molar-refractivity contribution in [2.45, 2.75) is 19.5 Å². The number of nitrogens with zero attached hydrogens (tertiary/aromatic N) is 1. The van der Waals surface area contributed by atoms with Crippen LogP contribution < -0.4 is 5.32 Å². The monoisotopic (exact) mass is 260 g/mol. The molecule has 1 aromatic carbocycles. The van der Waals surface area contributed by atoms with Crippen LogP contribution in [0.15, 0.2) is 35.7 Å². The van der Waals surface area contributed by atoms with Crippen molar-refractivity contribution in [2.24, 2.45) is 0 Å². The quantitative estimate of drug-likeness (QED) is 0.912. The van der Waals surface area contributed by atoms with E-state index in [4.69, 9.17) is 0 Å². The fraction of sp³-hybridized carbons (Fsp3) is 0.214. The molecule has 0 bridgehead atoms. The lowest BCUT2D eigenvalue weighted by atomic mass is 10.0. The van der Waals surface area contributed by atoms with Gasteiger partial charge in [-0.1, -0.05) is 12.1 Å². The standard InChI is InChI=1S/C14H13FN2S/c1-10-7-11(15)4-5-13(10)14(8-16)17-9-12-3-2-6-18-12/h2-7,14,17H,9H2,1H3. The Kier molecular flexibility index (Phi) is 4.08. The zero-order valence-electron chi connectivity index (χ0n) is 9.98. The van der Waals surface area contributed by atoms with Crippen LogP contribution in [-0.4, -0.2) is 0 Å². The van der Waals surface area contributed by atoms with Crippen LogP contribution in [0, 0.1) is 24.1 Å². The van der Waals surface area contributed by atoms with Crippen molar-refractivity contribution < 1.29 is 4.39 Å². The molecule has 0 aliphatic carbocycles. The van der Waals surface area contributed by atoms with Crippen LogP contribution in [0.2, 0.25) is 0 Å². The second kappa shape index (κ2) is 5.76. The topological polar surface area (TPSA) is 35.8 Å². The summed E-state index contributed by atoms with van der Waals surface area (Å²) in [5, 5.41) is 14.4. The summed E-state index contributed by atoms with van der Waals surface area (Å²) >= 11 is 1.65. The second-order valence-corrected chi connectivity index (χ2v) is 5.06. The molecule has 1 N–H and O–H groups in total. The van der Waals surface area contributed by atoms with Gasteiger partial charge in [-0.25, -0.2) is 4.39 Å². The van der Waals surface area contributed by atoms with Crippen molar-refractivity contribution in [1.29, 1.82) is 5.26 Å². The summed E-state index contributed by atoms with van der Waals surface area (Å²) in [7, 11) is 0. The number of aryl methyl sites for hydroxylation is 1. The van der Waals surface area contributed by atoms with Crippen LogP contribution in [-0.2, 0) is 6.54 Å². The van der Waals surface area contributed by atoms with Crippen molar-refractivity contribution in [3.05, 3.63) is 57.5 Å². The molecule has 2 aromatic rings. The van der Waals surface area contributed by atoms with E-state index in [0.717, 1.165) is 11.1 Å². The molecule has 2 nitrogen and oxygen atoms in total. The first-order chi connectivity index (χ1) is 8.70. The zero-order valence-corrected chi connectivity index (χ0v) is 10.8. The smallest absolute Gasteiger partial charge is 0.123 e. The average molecular weight is 260 g/mol. The summed E-state index contributed by atoms with van der Waals surface area (Å²) in [6.07, 6.45) is 0. The summed E-state index contributed by atoms with van der Waals surface area (Å²) in [4.78, 5) is 1.18. The lowest BCUT2D eigenvalue weighted by Gasteiger charge is -2.13. The van der Waals surface area contributed by atoms with E-state index in [1.807, 2.05) is 24.4 Å². The number of rotatable bonds is 4. The molecule has 0 aliphatic rings. The van der Waals surface area contributed by atoms with Gasteiger partial charge in [0.2, 0.25) is 0 Å². The third-order valence-corrected chi connectivity index (χ3v) is 3.61. The van der Waals surface area contributed by atoms with E-state index >= 15 is 0 Å². The van der Waals surface area contributed by atoms with E-state index in [9.17, 15) is 9.65 Å². The zero-order chi connectivity index (χ0) is 13.0. The number of nitrogens with one attached hydrogen (secondary N) is 1. The average Bonchev–Trinajstić information content (AvgIpc) is 2.85. The SMILES string of the molecule is Cc1cc(F)ccc1C(C#N)NCc1cccs1. The number of halogens is 1. The highest BCUT2D eigenvalue weighted by Gasteiger charge is 2.13. The number of hydrogen-bond acceptors (Lipinski definition) is 3. The molecule has 0 aliphatic heterocycles. The van der Waals surface area contributed by atoms with Gasteiger partial charge in [0.15, 0.2) is 0 Å². The highest BCUT2D eigenvalue weighted by atomic mass is 32.1. The molecule has 1 aromatic heterocycles. The predicted molar refractivity (Wildman–Crippen MR) is 70.6 cm³/mol. The molecule has 1 atom stereocenters. The Balaban J connectivity index is 2.11. The van der Waals surface area contributed by atoms with Gasteiger partial charge < -0.3 is 0 Å². The van der Waals surface area contributed by atoms with Gasteiger partial charge in [-0.3, -0.25) is 5.32 Å². The molecular weight excluding hydrogens is 247 g/mol. The first kappa shape index (κ1) is 12.7. The van der Waals surface area contributed by atoms with Gasteiger partial charge in [0, 0.05) is 11.4 Å². The van der Waals surface area contributed by atoms with Gasteiger partial charge in [-0.2, -0.15) is 5.26 Å². The van der Waals surface area contributed by atoms with E-state index in [1.165, 1.54) is 17.0 Å². The molecule has 1 unspecified atom stereocenters. The Morgan fingerprint density at radius 3 is 2.89 bits per heavy atom.